The van der Waals surface area contributed by atoms with E-state index in [0.717, 1.165) is 11.1 Å². The average molecular weight is 322 g/mol. The molecule has 0 unspecified atom stereocenters. The van der Waals surface area contributed by atoms with Crippen LogP contribution >= 0.6 is 23.2 Å². The lowest BCUT2D eigenvalue weighted by Gasteiger charge is -2.03. The van der Waals surface area contributed by atoms with Crippen molar-refractivity contribution in [3.63, 3.8) is 0 Å². The van der Waals surface area contributed by atoms with Crippen molar-refractivity contribution in [2.45, 2.75) is 6.61 Å². The van der Waals surface area contributed by atoms with Gasteiger partial charge < -0.3 is 10.5 Å². The number of pyridine rings is 1. The number of halogens is 2. The summed E-state index contributed by atoms with van der Waals surface area (Å²) in [6.07, 6.45) is 1.70. The van der Waals surface area contributed by atoms with Crippen LogP contribution in [-0.2, 0) is 11.3 Å². The van der Waals surface area contributed by atoms with E-state index in [-0.39, 0.29) is 0 Å². The van der Waals surface area contributed by atoms with Gasteiger partial charge in [0, 0.05) is 18.9 Å². The molecule has 1 aromatic carbocycles. The molecule has 6 heteroatoms. The summed E-state index contributed by atoms with van der Waals surface area (Å²) in [4.78, 5) is 4.53. The number of ether oxygens (including phenoxy) is 1. The Morgan fingerprint density at radius 1 is 1.29 bits per heavy atom. The number of nitrogens with two attached hydrogens (primary N) is 1. The van der Waals surface area contributed by atoms with E-state index in [0.29, 0.717) is 33.8 Å². The third-order valence-electron chi connectivity index (χ3n) is 3.19. The molecule has 0 atom stereocenters. The second-order valence-corrected chi connectivity index (χ2v) is 5.52. The Labute approximate surface area is 132 Å². The van der Waals surface area contributed by atoms with Crippen LogP contribution in [0.4, 0.5) is 5.82 Å². The number of methoxy groups -OCH3 is 1. The van der Waals surface area contributed by atoms with Crippen molar-refractivity contribution in [2.75, 3.05) is 12.8 Å². The van der Waals surface area contributed by atoms with Gasteiger partial charge in [-0.3, -0.25) is 4.40 Å². The number of anilines is 1. The molecule has 0 radical (unpaired) electrons. The van der Waals surface area contributed by atoms with E-state index in [1.165, 1.54) is 0 Å². The number of fused-ring (bicyclic) bond motifs is 1. The van der Waals surface area contributed by atoms with Crippen LogP contribution in [0, 0.1) is 0 Å². The fourth-order valence-electron chi connectivity index (χ4n) is 2.28. The molecule has 108 valence electrons. The van der Waals surface area contributed by atoms with Crippen molar-refractivity contribution < 1.29 is 4.74 Å². The SMILES string of the molecule is COCc1cccc(-c2nc3c(Cl)cc(Cl)cn3c2N)c1. The maximum absolute atomic E-state index is 6.18. The van der Waals surface area contributed by atoms with Crippen LogP contribution < -0.4 is 5.73 Å². The van der Waals surface area contributed by atoms with Gasteiger partial charge >= 0.3 is 0 Å². The Morgan fingerprint density at radius 2 is 2.10 bits per heavy atom. The first-order valence-corrected chi connectivity index (χ1v) is 7.06. The minimum atomic E-state index is 0.466. The lowest BCUT2D eigenvalue weighted by molar-refractivity contribution is 0.185. The van der Waals surface area contributed by atoms with E-state index in [1.54, 1.807) is 23.8 Å². The summed E-state index contributed by atoms with van der Waals surface area (Å²) >= 11 is 12.2. The minimum absolute atomic E-state index is 0.466. The molecule has 4 nitrogen and oxygen atoms in total. The van der Waals surface area contributed by atoms with Crippen LogP contribution in [0.5, 0.6) is 0 Å². The Kier molecular flexibility index (Phi) is 3.76. The Hall–Kier alpha value is -1.75. The number of nitrogen functional groups attached to an aromatic ring is 1. The molecular formula is C15H13Cl2N3O. The number of benzene rings is 1. The molecule has 0 amide bonds. The van der Waals surface area contributed by atoms with E-state index in [1.807, 2.05) is 24.3 Å². The largest absolute Gasteiger partial charge is 0.383 e. The topological polar surface area (TPSA) is 52.5 Å². The van der Waals surface area contributed by atoms with E-state index in [2.05, 4.69) is 4.98 Å². The van der Waals surface area contributed by atoms with Crippen LogP contribution in [0.2, 0.25) is 10.0 Å². The van der Waals surface area contributed by atoms with Crippen molar-refractivity contribution in [1.29, 1.82) is 0 Å². The molecule has 0 bridgehead atoms. The van der Waals surface area contributed by atoms with Gasteiger partial charge in [0.05, 0.1) is 16.7 Å². The van der Waals surface area contributed by atoms with Crippen molar-refractivity contribution >= 4 is 34.7 Å². The fourth-order valence-corrected chi connectivity index (χ4v) is 2.79. The molecule has 2 aromatic heterocycles. The number of hydrogen-bond donors (Lipinski definition) is 1. The second-order valence-electron chi connectivity index (χ2n) is 4.68. The number of hydrogen-bond acceptors (Lipinski definition) is 3. The Balaban J connectivity index is 2.19. The molecule has 3 aromatic rings. The van der Waals surface area contributed by atoms with Crippen LogP contribution in [-0.4, -0.2) is 16.5 Å². The Morgan fingerprint density at radius 3 is 2.86 bits per heavy atom. The predicted molar refractivity (Wildman–Crippen MR) is 85.8 cm³/mol. The normalized spacial score (nSPS) is 11.2. The van der Waals surface area contributed by atoms with E-state index < -0.39 is 0 Å². The maximum atomic E-state index is 6.18. The molecular weight excluding hydrogens is 309 g/mol. The summed E-state index contributed by atoms with van der Waals surface area (Å²) in [6.45, 7) is 0.535. The lowest BCUT2D eigenvalue weighted by atomic mass is 10.1. The highest BCUT2D eigenvalue weighted by atomic mass is 35.5. The van der Waals surface area contributed by atoms with Gasteiger partial charge in [-0.2, -0.15) is 0 Å². The van der Waals surface area contributed by atoms with Crippen molar-refractivity contribution in [1.82, 2.24) is 9.38 Å². The zero-order chi connectivity index (χ0) is 15.0. The third-order valence-corrected chi connectivity index (χ3v) is 3.67. The molecule has 0 spiro atoms. The molecule has 3 rings (SSSR count). The van der Waals surface area contributed by atoms with Crippen molar-refractivity contribution in [3.8, 4) is 11.3 Å². The van der Waals surface area contributed by atoms with Gasteiger partial charge in [-0.1, -0.05) is 41.4 Å². The van der Waals surface area contributed by atoms with Gasteiger partial charge in [0.1, 0.15) is 11.5 Å². The average Bonchev–Trinajstić information content (AvgIpc) is 2.78. The minimum Gasteiger partial charge on any atom is -0.383 e. The van der Waals surface area contributed by atoms with Crippen LogP contribution in [0.15, 0.2) is 36.5 Å². The molecule has 2 N–H and O–H groups in total. The first kappa shape index (κ1) is 14.2. The van der Waals surface area contributed by atoms with Crippen molar-refractivity contribution in [2.24, 2.45) is 0 Å². The molecule has 0 aliphatic carbocycles. The number of aromatic nitrogens is 2. The smallest absolute Gasteiger partial charge is 0.158 e. The van der Waals surface area contributed by atoms with Crippen LogP contribution in [0.1, 0.15) is 5.56 Å². The zero-order valence-corrected chi connectivity index (χ0v) is 12.8. The van der Waals surface area contributed by atoms with Gasteiger partial charge in [-0.15, -0.1) is 0 Å². The lowest BCUT2D eigenvalue weighted by Crippen LogP contribution is -1.95. The number of rotatable bonds is 3. The van der Waals surface area contributed by atoms with E-state index in [4.69, 9.17) is 33.7 Å². The quantitative estimate of drug-likeness (QED) is 0.792. The molecule has 2 heterocycles. The number of imidazole rings is 1. The Bertz CT molecular complexity index is 814. The molecule has 0 fully saturated rings. The molecule has 0 saturated heterocycles. The monoisotopic (exact) mass is 321 g/mol. The van der Waals surface area contributed by atoms with Gasteiger partial charge in [0.25, 0.3) is 0 Å². The predicted octanol–water partition coefficient (Wildman–Crippen LogP) is 4.04. The molecule has 0 saturated carbocycles. The van der Waals surface area contributed by atoms with Gasteiger partial charge in [-0.05, 0) is 17.7 Å². The fraction of sp³-hybridized carbons (Fsp3) is 0.133. The highest BCUT2D eigenvalue weighted by Crippen LogP contribution is 2.31. The van der Waals surface area contributed by atoms with Gasteiger partial charge in [-0.25, -0.2) is 4.98 Å². The van der Waals surface area contributed by atoms with Gasteiger partial charge in [0.15, 0.2) is 5.65 Å². The molecule has 0 aliphatic heterocycles. The standard InChI is InChI=1S/C15H13Cl2N3O/c1-21-8-9-3-2-4-10(5-9)13-14(18)20-7-11(16)6-12(17)15(20)19-13/h2-7H,8,18H2,1H3. The first-order chi connectivity index (χ1) is 10.1. The van der Waals surface area contributed by atoms with E-state index >= 15 is 0 Å². The number of nitrogens with zero attached hydrogens (tertiary/aromatic N) is 2. The summed E-state index contributed by atoms with van der Waals surface area (Å²) < 4.78 is 6.84. The molecule has 0 aliphatic rings. The zero-order valence-electron chi connectivity index (χ0n) is 11.3. The summed E-state index contributed by atoms with van der Waals surface area (Å²) in [5.74, 6) is 0.504. The van der Waals surface area contributed by atoms with Crippen LogP contribution in [0.25, 0.3) is 16.9 Å². The third kappa shape index (κ3) is 2.58. The second kappa shape index (κ2) is 5.56. The van der Waals surface area contributed by atoms with Crippen molar-refractivity contribution in [3.05, 3.63) is 52.1 Å². The van der Waals surface area contributed by atoms with Crippen LogP contribution in [0.3, 0.4) is 0 Å². The highest BCUT2D eigenvalue weighted by molar-refractivity contribution is 6.36. The molecule has 21 heavy (non-hydrogen) atoms. The summed E-state index contributed by atoms with van der Waals surface area (Å²) in [6, 6.07) is 9.53. The first-order valence-electron chi connectivity index (χ1n) is 6.31. The summed E-state index contributed by atoms with van der Waals surface area (Å²) in [5.41, 5.74) is 9.42. The summed E-state index contributed by atoms with van der Waals surface area (Å²) in [7, 11) is 1.66. The highest BCUT2D eigenvalue weighted by Gasteiger charge is 2.14. The van der Waals surface area contributed by atoms with E-state index in [9.17, 15) is 0 Å². The maximum Gasteiger partial charge on any atom is 0.158 e. The summed E-state index contributed by atoms with van der Waals surface area (Å²) in [5, 5.41) is 0.977. The van der Waals surface area contributed by atoms with Gasteiger partial charge in [0.2, 0.25) is 0 Å².